The molecule has 4 nitrogen and oxygen atoms in total. The van der Waals surface area contributed by atoms with Gasteiger partial charge in [-0.25, -0.2) is 4.79 Å². The predicted octanol–water partition coefficient (Wildman–Crippen LogP) is 2.07. The van der Waals surface area contributed by atoms with E-state index in [4.69, 9.17) is 4.74 Å². The van der Waals surface area contributed by atoms with Crippen molar-refractivity contribution in [1.29, 1.82) is 0 Å². The molecule has 1 N–H and O–H groups in total. The monoisotopic (exact) mass is 266 g/mol. The van der Waals surface area contributed by atoms with Crippen molar-refractivity contribution < 1.29 is 19.4 Å². The number of rotatable bonds is 3. The van der Waals surface area contributed by atoms with Gasteiger partial charge in [-0.05, 0) is 31.6 Å². The van der Waals surface area contributed by atoms with Crippen LogP contribution in [0.5, 0.6) is 0 Å². The molecule has 1 fully saturated rings. The van der Waals surface area contributed by atoms with Gasteiger partial charge in [0.15, 0.2) is 0 Å². The Morgan fingerprint density at radius 2 is 2.11 bits per heavy atom. The average molecular weight is 266 g/mol. The average Bonchev–Trinajstić information content (AvgIpc) is 2.80. The van der Waals surface area contributed by atoms with Crippen LogP contribution in [0.1, 0.15) is 40.5 Å². The zero-order valence-electron chi connectivity index (χ0n) is 12.0. The molecule has 0 aromatic heterocycles. The van der Waals surface area contributed by atoms with Crippen molar-refractivity contribution in [3.8, 4) is 0 Å². The molecule has 0 bridgehead atoms. The smallest absolute Gasteiger partial charge is 0.333 e. The molecule has 0 spiro atoms. The first-order valence-corrected chi connectivity index (χ1v) is 6.95. The van der Waals surface area contributed by atoms with Crippen LogP contribution in [0.3, 0.4) is 0 Å². The van der Waals surface area contributed by atoms with Gasteiger partial charge in [-0.1, -0.05) is 20.8 Å². The van der Waals surface area contributed by atoms with Crippen LogP contribution in [-0.2, 0) is 14.3 Å². The van der Waals surface area contributed by atoms with Crippen LogP contribution in [-0.4, -0.2) is 22.6 Å². The third-order valence-corrected chi connectivity index (χ3v) is 4.52. The van der Waals surface area contributed by atoms with Gasteiger partial charge in [0.05, 0.1) is 0 Å². The van der Waals surface area contributed by atoms with Crippen molar-refractivity contribution in [2.24, 2.45) is 23.7 Å². The first kappa shape index (κ1) is 14.3. The molecule has 0 saturated heterocycles. The van der Waals surface area contributed by atoms with Crippen molar-refractivity contribution in [3.05, 3.63) is 11.6 Å². The van der Waals surface area contributed by atoms with Crippen LogP contribution in [0, 0.1) is 23.7 Å². The Morgan fingerprint density at radius 3 is 2.63 bits per heavy atom. The maximum Gasteiger partial charge on any atom is 0.333 e. The number of carbonyl (C=O) groups excluding carboxylic acids is 2. The SMILES string of the molecule is CC(=O)C1CCC(C)C1C1(O)OC(=O)C=C1C(C)C. The normalized spacial score (nSPS) is 38.5. The van der Waals surface area contributed by atoms with Crippen LogP contribution < -0.4 is 0 Å². The van der Waals surface area contributed by atoms with Crippen LogP contribution >= 0.6 is 0 Å². The Kier molecular flexibility index (Phi) is 3.56. The lowest BCUT2D eigenvalue weighted by molar-refractivity contribution is -0.212. The van der Waals surface area contributed by atoms with E-state index in [9.17, 15) is 14.7 Å². The summed E-state index contributed by atoms with van der Waals surface area (Å²) >= 11 is 0. The Hall–Kier alpha value is -1.16. The van der Waals surface area contributed by atoms with Crippen LogP contribution in [0.15, 0.2) is 11.6 Å². The van der Waals surface area contributed by atoms with E-state index in [1.165, 1.54) is 6.08 Å². The van der Waals surface area contributed by atoms with Crippen molar-refractivity contribution in [2.45, 2.75) is 46.3 Å². The number of cyclic esters (lactones) is 1. The van der Waals surface area contributed by atoms with E-state index >= 15 is 0 Å². The molecule has 106 valence electrons. The maximum atomic E-state index is 11.8. The van der Waals surface area contributed by atoms with E-state index < -0.39 is 11.8 Å². The second-order valence-corrected chi connectivity index (χ2v) is 6.17. The summed E-state index contributed by atoms with van der Waals surface area (Å²) in [6.07, 6.45) is 3.01. The Balaban J connectivity index is 2.40. The highest BCUT2D eigenvalue weighted by Gasteiger charge is 2.56. The summed E-state index contributed by atoms with van der Waals surface area (Å²) in [5.74, 6) is -2.43. The molecule has 0 amide bonds. The molecule has 1 saturated carbocycles. The van der Waals surface area contributed by atoms with Gasteiger partial charge in [0.25, 0.3) is 0 Å². The summed E-state index contributed by atoms with van der Waals surface area (Å²) in [7, 11) is 0. The number of hydrogen-bond donors (Lipinski definition) is 1. The summed E-state index contributed by atoms with van der Waals surface area (Å²) in [6, 6.07) is 0. The second kappa shape index (κ2) is 4.75. The highest BCUT2D eigenvalue weighted by Crippen LogP contribution is 2.50. The van der Waals surface area contributed by atoms with Gasteiger partial charge in [0.1, 0.15) is 5.78 Å². The first-order chi connectivity index (χ1) is 8.77. The van der Waals surface area contributed by atoms with Crippen molar-refractivity contribution in [3.63, 3.8) is 0 Å². The van der Waals surface area contributed by atoms with E-state index in [1.807, 2.05) is 20.8 Å². The quantitative estimate of drug-likeness (QED) is 0.794. The molecular formula is C15H22O4. The van der Waals surface area contributed by atoms with Crippen molar-refractivity contribution in [1.82, 2.24) is 0 Å². The fourth-order valence-electron chi connectivity index (χ4n) is 3.63. The Morgan fingerprint density at radius 1 is 1.47 bits per heavy atom. The molecule has 0 radical (unpaired) electrons. The number of hydrogen-bond acceptors (Lipinski definition) is 4. The van der Waals surface area contributed by atoms with E-state index in [-0.39, 0.29) is 29.5 Å². The van der Waals surface area contributed by atoms with Crippen LogP contribution in [0.4, 0.5) is 0 Å². The summed E-state index contributed by atoms with van der Waals surface area (Å²) in [5.41, 5.74) is 0.600. The van der Waals surface area contributed by atoms with E-state index in [0.29, 0.717) is 5.57 Å². The molecule has 4 unspecified atom stereocenters. The highest BCUT2D eigenvalue weighted by molar-refractivity contribution is 5.87. The number of aliphatic hydroxyl groups is 1. The zero-order chi connectivity index (χ0) is 14.4. The van der Waals surface area contributed by atoms with Crippen molar-refractivity contribution in [2.75, 3.05) is 0 Å². The van der Waals surface area contributed by atoms with Crippen molar-refractivity contribution >= 4 is 11.8 Å². The third-order valence-electron chi connectivity index (χ3n) is 4.52. The topological polar surface area (TPSA) is 63.6 Å². The fraction of sp³-hybridized carbons (Fsp3) is 0.733. The molecule has 1 heterocycles. The standard InChI is InChI=1S/C15H22O4/c1-8(2)12-7-13(17)19-15(12,18)14-9(3)5-6-11(14)10(4)16/h7-9,11,14,18H,5-6H2,1-4H3. The van der Waals surface area contributed by atoms with Gasteiger partial charge in [0.2, 0.25) is 5.79 Å². The predicted molar refractivity (Wildman–Crippen MR) is 70.0 cm³/mol. The minimum Gasteiger partial charge on any atom is -0.426 e. The summed E-state index contributed by atoms with van der Waals surface area (Å²) in [5, 5.41) is 10.9. The van der Waals surface area contributed by atoms with Gasteiger partial charge >= 0.3 is 5.97 Å². The largest absolute Gasteiger partial charge is 0.426 e. The molecular weight excluding hydrogens is 244 g/mol. The number of ketones is 1. The van der Waals surface area contributed by atoms with Gasteiger partial charge in [-0.3, -0.25) is 4.79 Å². The van der Waals surface area contributed by atoms with Crippen LogP contribution in [0.25, 0.3) is 0 Å². The molecule has 1 aliphatic carbocycles. The number of Topliss-reactive ketones (excluding diaryl/α,β-unsaturated/α-hetero) is 1. The molecule has 2 aliphatic rings. The van der Waals surface area contributed by atoms with E-state index in [1.54, 1.807) is 6.92 Å². The van der Waals surface area contributed by atoms with E-state index in [0.717, 1.165) is 12.8 Å². The molecule has 1 aliphatic heterocycles. The van der Waals surface area contributed by atoms with Crippen LogP contribution in [0.2, 0.25) is 0 Å². The Bertz CT molecular complexity index is 437. The molecule has 0 aromatic rings. The van der Waals surface area contributed by atoms with Gasteiger partial charge in [-0.15, -0.1) is 0 Å². The summed E-state index contributed by atoms with van der Waals surface area (Å²) < 4.78 is 5.23. The van der Waals surface area contributed by atoms with Gasteiger partial charge < -0.3 is 9.84 Å². The van der Waals surface area contributed by atoms with Gasteiger partial charge in [-0.2, -0.15) is 0 Å². The minimum absolute atomic E-state index is 0.0110. The molecule has 4 atom stereocenters. The second-order valence-electron chi connectivity index (χ2n) is 6.17. The molecule has 2 rings (SSSR count). The molecule has 19 heavy (non-hydrogen) atoms. The first-order valence-electron chi connectivity index (χ1n) is 6.95. The third kappa shape index (κ3) is 2.22. The summed E-state index contributed by atoms with van der Waals surface area (Å²) in [6.45, 7) is 7.40. The minimum atomic E-state index is -1.60. The maximum absolute atomic E-state index is 11.8. The van der Waals surface area contributed by atoms with Gasteiger partial charge in [0, 0.05) is 23.5 Å². The zero-order valence-corrected chi connectivity index (χ0v) is 12.0. The molecule has 0 aromatic carbocycles. The lowest BCUT2D eigenvalue weighted by Crippen LogP contribution is -2.47. The highest BCUT2D eigenvalue weighted by atomic mass is 16.7. The molecule has 4 heteroatoms. The van der Waals surface area contributed by atoms with E-state index in [2.05, 4.69) is 0 Å². The number of ether oxygens (including phenoxy) is 1. The number of esters is 1. The lowest BCUT2D eigenvalue weighted by Gasteiger charge is -2.37. The Labute approximate surface area is 113 Å². The lowest BCUT2D eigenvalue weighted by atomic mass is 9.76. The number of carbonyl (C=O) groups is 2. The fourth-order valence-corrected chi connectivity index (χ4v) is 3.63. The summed E-state index contributed by atoms with van der Waals surface area (Å²) in [4.78, 5) is 23.4.